The Bertz CT molecular complexity index is 776. The van der Waals surface area contributed by atoms with Crippen molar-refractivity contribution in [1.82, 2.24) is 15.5 Å². The molecule has 2 unspecified atom stereocenters. The van der Waals surface area contributed by atoms with Crippen LogP contribution in [0.4, 0.5) is 4.79 Å². The van der Waals surface area contributed by atoms with Crippen LogP contribution in [0.15, 0.2) is 35.0 Å². The van der Waals surface area contributed by atoms with E-state index in [2.05, 4.69) is 46.5 Å². The molecule has 3 rings (SSSR count). The number of likely N-dealkylation sites (N-methyl/N-ethyl adjacent to an activating group) is 1. The Labute approximate surface area is 179 Å². The van der Waals surface area contributed by atoms with Gasteiger partial charge in [-0.15, -0.1) is 0 Å². The highest BCUT2D eigenvalue weighted by Crippen LogP contribution is 2.33. The molecule has 1 aromatic carbocycles. The number of aryl methyl sites for hydroxylation is 1. The molecule has 6 heteroatoms. The van der Waals surface area contributed by atoms with E-state index in [0.29, 0.717) is 12.3 Å². The Balaban J connectivity index is 0.00000145. The summed E-state index contributed by atoms with van der Waals surface area (Å²) in [5.74, 6) is 0.322. The summed E-state index contributed by atoms with van der Waals surface area (Å²) < 4.78 is 0. The van der Waals surface area contributed by atoms with Crippen LogP contribution in [-0.4, -0.2) is 48.3 Å². The minimum absolute atomic E-state index is 0.0879. The van der Waals surface area contributed by atoms with E-state index in [9.17, 15) is 9.90 Å². The van der Waals surface area contributed by atoms with Crippen LogP contribution in [0.1, 0.15) is 43.9 Å². The van der Waals surface area contributed by atoms with Crippen molar-refractivity contribution in [3.63, 3.8) is 0 Å². The molecule has 2 amide bonds. The van der Waals surface area contributed by atoms with Gasteiger partial charge in [-0.05, 0) is 92.4 Å². The zero-order chi connectivity index (χ0) is 21.4. The number of aromatic hydroxyl groups is 1. The molecule has 0 aliphatic heterocycles. The average Bonchev–Trinajstić information content (AvgIpc) is 3.20. The van der Waals surface area contributed by atoms with Gasteiger partial charge in [0, 0.05) is 18.1 Å². The van der Waals surface area contributed by atoms with E-state index in [0.717, 1.165) is 25.7 Å². The first kappa shape index (κ1) is 23.2. The Kier molecular flexibility index (Phi) is 8.53. The molecule has 2 aromatic rings. The first-order valence-electron chi connectivity index (χ1n) is 10.4. The van der Waals surface area contributed by atoms with Gasteiger partial charge in [0.25, 0.3) is 0 Å². The van der Waals surface area contributed by atoms with Gasteiger partial charge >= 0.3 is 6.03 Å². The number of carbonyl (C=O) groups excluding carboxylic acids is 1. The smallest absolute Gasteiger partial charge is 0.315 e. The van der Waals surface area contributed by atoms with Gasteiger partial charge in [0.05, 0.1) is 0 Å². The van der Waals surface area contributed by atoms with Gasteiger partial charge in [0.15, 0.2) is 0 Å². The maximum absolute atomic E-state index is 12.4. The van der Waals surface area contributed by atoms with Gasteiger partial charge in [-0.25, -0.2) is 4.79 Å². The van der Waals surface area contributed by atoms with Crippen LogP contribution in [0.25, 0.3) is 0 Å². The molecule has 0 fully saturated rings. The molecular formula is C23H35N3O2S. The molecule has 29 heavy (non-hydrogen) atoms. The number of rotatable bonds is 6. The van der Waals surface area contributed by atoms with Crippen LogP contribution >= 0.6 is 11.3 Å². The number of benzene rings is 1. The summed E-state index contributed by atoms with van der Waals surface area (Å²) in [7, 11) is 4.15. The number of urea groups is 1. The summed E-state index contributed by atoms with van der Waals surface area (Å²) in [6, 6.07) is 7.68. The van der Waals surface area contributed by atoms with E-state index >= 15 is 0 Å². The number of phenols is 1. The topological polar surface area (TPSA) is 64.6 Å². The normalized spacial score (nSPS) is 19.0. The Morgan fingerprint density at radius 1 is 1.28 bits per heavy atom. The molecule has 1 aromatic heterocycles. The summed E-state index contributed by atoms with van der Waals surface area (Å²) >= 11 is 1.68. The van der Waals surface area contributed by atoms with Gasteiger partial charge in [0.1, 0.15) is 5.75 Å². The van der Waals surface area contributed by atoms with Crippen molar-refractivity contribution in [3.05, 3.63) is 51.7 Å². The highest BCUT2D eigenvalue weighted by Gasteiger charge is 2.37. The Morgan fingerprint density at radius 2 is 2.03 bits per heavy atom. The second-order valence-electron chi connectivity index (χ2n) is 7.81. The molecule has 0 spiro atoms. The van der Waals surface area contributed by atoms with Crippen LogP contribution in [0, 0.1) is 0 Å². The molecule has 1 heterocycles. The Morgan fingerprint density at radius 3 is 2.69 bits per heavy atom. The lowest BCUT2D eigenvalue weighted by atomic mass is 9.77. The lowest BCUT2D eigenvalue weighted by molar-refractivity contribution is 0.129. The van der Waals surface area contributed by atoms with Crippen molar-refractivity contribution >= 4 is 17.4 Å². The molecule has 0 radical (unpaired) electrons. The predicted molar refractivity (Wildman–Crippen MR) is 122 cm³/mol. The molecule has 5 nitrogen and oxygen atoms in total. The fraction of sp³-hybridized carbons (Fsp3) is 0.522. The van der Waals surface area contributed by atoms with Crippen LogP contribution in [-0.2, 0) is 19.3 Å². The van der Waals surface area contributed by atoms with Crippen LogP contribution < -0.4 is 10.6 Å². The number of amides is 2. The fourth-order valence-corrected chi connectivity index (χ4v) is 4.53. The minimum atomic E-state index is -0.115. The molecular weight excluding hydrogens is 382 g/mol. The molecule has 2 atom stereocenters. The maximum atomic E-state index is 12.4. The van der Waals surface area contributed by atoms with Crippen molar-refractivity contribution in [2.75, 3.05) is 20.6 Å². The largest absolute Gasteiger partial charge is 0.508 e. The number of hydrogen-bond donors (Lipinski definition) is 3. The van der Waals surface area contributed by atoms with Crippen LogP contribution in [0.5, 0.6) is 5.75 Å². The number of phenolic OH excluding ortho intramolecular Hbond substituents is 1. The van der Waals surface area contributed by atoms with E-state index in [1.807, 2.05) is 32.9 Å². The molecule has 0 bridgehead atoms. The number of nitrogens with one attached hydrogen (secondary N) is 2. The molecule has 160 valence electrons. The highest BCUT2D eigenvalue weighted by molar-refractivity contribution is 7.07. The van der Waals surface area contributed by atoms with Crippen molar-refractivity contribution in [3.8, 4) is 5.75 Å². The summed E-state index contributed by atoms with van der Waals surface area (Å²) in [4.78, 5) is 14.6. The van der Waals surface area contributed by atoms with Crippen molar-refractivity contribution in [2.45, 2.75) is 58.0 Å². The summed E-state index contributed by atoms with van der Waals surface area (Å²) in [5.41, 5.74) is 3.60. The van der Waals surface area contributed by atoms with Gasteiger partial charge in [-0.2, -0.15) is 11.3 Å². The second kappa shape index (κ2) is 10.6. The third-order valence-corrected chi connectivity index (χ3v) is 6.33. The zero-order valence-electron chi connectivity index (χ0n) is 18.3. The van der Waals surface area contributed by atoms with E-state index in [1.54, 1.807) is 17.4 Å². The third-order valence-electron chi connectivity index (χ3n) is 5.60. The lowest BCUT2D eigenvalue weighted by Gasteiger charge is -2.43. The minimum Gasteiger partial charge on any atom is -0.508 e. The fourth-order valence-electron chi connectivity index (χ4n) is 3.85. The quantitative estimate of drug-likeness (QED) is 0.660. The van der Waals surface area contributed by atoms with E-state index < -0.39 is 0 Å². The summed E-state index contributed by atoms with van der Waals surface area (Å²) in [6.45, 7) is 6.62. The molecule has 0 saturated heterocycles. The number of nitrogens with zero attached hydrogens (tertiary/aromatic N) is 1. The number of thiophene rings is 1. The van der Waals surface area contributed by atoms with Crippen molar-refractivity contribution in [2.24, 2.45) is 0 Å². The SMILES string of the molecule is CC.CC(Cc1ccsc1)NC(=O)NCC1(N(C)C)CCc2cc(O)ccc2C1. The highest BCUT2D eigenvalue weighted by atomic mass is 32.1. The van der Waals surface area contributed by atoms with Gasteiger partial charge in [-0.1, -0.05) is 19.9 Å². The number of fused-ring (bicyclic) bond motifs is 1. The second-order valence-corrected chi connectivity index (χ2v) is 8.59. The zero-order valence-corrected chi connectivity index (χ0v) is 19.1. The first-order valence-corrected chi connectivity index (χ1v) is 11.4. The number of hydrogen-bond acceptors (Lipinski definition) is 4. The van der Waals surface area contributed by atoms with Crippen molar-refractivity contribution < 1.29 is 9.90 Å². The van der Waals surface area contributed by atoms with Gasteiger partial charge < -0.3 is 20.6 Å². The lowest BCUT2D eigenvalue weighted by Crippen LogP contribution is -2.57. The average molecular weight is 418 g/mol. The molecule has 0 saturated carbocycles. The third kappa shape index (κ3) is 6.21. The van der Waals surface area contributed by atoms with E-state index in [4.69, 9.17) is 0 Å². The van der Waals surface area contributed by atoms with Crippen LogP contribution in [0.3, 0.4) is 0 Å². The predicted octanol–water partition coefficient (Wildman–Crippen LogP) is 4.20. The summed E-state index contributed by atoms with van der Waals surface area (Å²) in [5, 5.41) is 20.0. The van der Waals surface area contributed by atoms with Crippen LogP contribution in [0.2, 0.25) is 0 Å². The Hall–Kier alpha value is -2.05. The maximum Gasteiger partial charge on any atom is 0.315 e. The van der Waals surface area contributed by atoms with Gasteiger partial charge in [-0.3, -0.25) is 0 Å². The number of carbonyl (C=O) groups is 1. The standard InChI is InChI=1S/C21H29N3O2S.C2H6/c1-15(10-16-7-9-27-13-16)23-20(26)22-14-21(24(2)3)8-6-17-11-19(25)5-4-18(17)12-21;1-2/h4-5,7,9,11,13,15,25H,6,8,10,12,14H2,1-3H3,(H2,22,23,26);1-2H3. The monoisotopic (exact) mass is 417 g/mol. The molecule has 1 aliphatic rings. The van der Waals surface area contributed by atoms with E-state index in [1.165, 1.54) is 16.7 Å². The molecule has 3 N–H and O–H groups in total. The summed E-state index contributed by atoms with van der Waals surface area (Å²) in [6.07, 6.45) is 3.55. The first-order chi connectivity index (χ1) is 13.9. The van der Waals surface area contributed by atoms with Gasteiger partial charge in [0.2, 0.25) is 0 Å². The van der Waals surface area contributed by atoms with E-state index in [-0.39, 0.29) is 17.6 Å². The van der Waals surface area contributed by atoms with Crippen molar-refractivity contribution in [1.29, 1.82) is 0 Å². The molecule has 1 aliphatic carbocycles.